The Bertz CT molecular complexity index is 535. The Morgan fingerprint density at radius 3 is 2.60 bits per heavy atom. The van der Waals surface area contributed by atoms with E-state index in [0.717, 1.165) is 30.2 Å². The van der Waals surface area contributed by atoms with Crippen molar-refractivity contribution in [3.8, 4) is 0 Å². The predicted octanol–water partition coefficient (Wildman–Crippen LogP) is 1.32. The molecule has 0 aliphatic carbocycles. The van der Waals surface area contributed by atoms with Crippen LogP contribution in [0.1, 0.15) is 30.9 Å². The van der Waals surface area contributed by atoms with Gasteiger partial charge in [0.25, 0.3) is 0 Å². The largest absolute Gasteiger partial charge is 0.465 e. The van der Waals surface area contributed by atoms with E-state index in [9.17, 15) is 8.42 Å². The summed E-state index contributed by atoms with van der Waals surface area (Å²) in [5.41, 5.74) is 1.16. The Hall–Kier alpha value is -0.850. The van der Waals surface area contributed by atoms with E-state index >= 15 is 0 Å². The third-order valence-electron chi connectivity index (χ3n) is 3.59. The molecule has 0 aromatic carbocycles. The lowest BCUT2D eigenvalue weighted by molar-refractivity contribution is 0.285. The fourth-order valence-corrected chi connectivity index (χ4v) is 3.56. The molecule has 1 aliphatic heterocycles. The van der Waals surface area contributed by atoms with Crippen LogP contribution in [0.2, 0.25) is 0 Å². The standard InChI is InChI=1S/C14H24N2O3S/c1-11(2)15-9-14-8-13(12(3)19-14)10-16-4-6-20(17,18)7-5-16/h8,11,15H,4-7,9-10H2,1-3H3. The molecule has 114 valence electrons. The monoisotopic (exact) mass is 300 g/mol. The van der Waals surface area contributed by atoms with Gasteiger partial charge >= 0.3 is 0 Å². The van der Waals surface area contributed by atoms with Gasteiger partial charge in [-0.3, -0.25) is 4.90 Å². The van der Waals surface area contributed by atoms with Crippen molar-refractivity contribution in [1.82, 2.24) is 10.2 Å². The van der Waals surface area contributed by atoms with Gasteiger partial charge in [0.2, 0.25) is 0 Å². The lowest BCUT2D eigenvalue weighted by Crippen LogP contribution is -2.39. The molecule has 0 spiro atoms. The van der Waals surface area contributed by atoms with Crippen molar-refractivity contribution >= 4 is 9.84 Å². The lowest BCUT2D eigenvalue weighted by Gasteiger charge is -2.26. The number of aryl methyl sites for hydroxylation is 1. The van der Waals surface area contributed by atoms with E-state index in [1.807, 2.05) is 6.92 Å². The molecule has 2 heterocycles. The van der Waals surface area contributed by atoms with Gasteiger partial charge in [0.15, 0.2) is 9.84 Å². The van der Waals surface area contributed by atoms with Crippen LogP contribution in [0.3, 0.4) is 0 Å². The zero-order valence-corrected chi connectivity index (χ0v) is 13.3. The Kier molecular flexibility index (Phi) is 4.88. The van der Waals surface area contributed by atoms with Crippen molar-refractivity contribution in [1.29, 1.82) is 0 Å². The lowest BCUT2D eigenvalue weighted by atomic mass is 10.2. The second-order valence-corrected chi connectivity index (χ2v) is 8.06. The number of nitrogens with one attached hydrogen (secondary N) is 1. The minimum Gasteiger partial charge on any atom is -0.465 e. The van der Waals surface area contributed by atoms with Gasteiger partial charge in [-0.25, -0.2) is 8.42 Å². The molecule has 1 aliphatic rings. The van der Waals surface area contributed by atoms with Crippen LogP contribution in [-0.2, 0) is 22.9 Å². The van der Waals surface area contributed by atoms with Crippen molar-refractivity contribution in [2.45, 2.75) is 39.9 Å². The Labute approximate surface area is 121 Å². The smallest absolute Gasteiger partial charge is 0.152 e. The van der Waals surface area contributed by atoms with Crippen molar-refractivity contribution in [2.24, 2.45) is 0 Å². The van der Waals surface area contributed by atoms with Crippen LogP contribution in [0.4, 0.5) is 0 Å². The van der Waals surface area contributed by atoms with Crippen molar-refractivity contribution in [2.75, 3.05) is 24.6 Å². The Morgan fingerprint density at radius 2 is 2.00 bits per heavy atom. The second-order valence-electron chi connectivity index (χ2n) is 5.76. The third-order valence-corrected chi connectivity index (χ3v) is 5.20. The number of hydrogen-bond donors (Lipinski definition) is 1. The van der Waals surface area contributed by atoms with Crippen LogP contribution >= 0.6 is 0 Å². The molecule has 0 atom stereocenters. The van der Waals surface area contributed by atoms with Gasteiger partial charge in [-0.15, -0.1) is 0 Å². The summed E-state index contributed by atoms with van der Waals surface area (Å²) < 4.78 is 28.6. The first kappa shape index (κ1) is 15.5. The van der Waals surface area contributed by atoms with Crippen LogP contribution in [0.25, 0.3) is 0 Å². The van der Waals surface area contributed by atoms with E-state index in [0.29, 0.717) is 19.1 Å². The zero-order chi connectivity index (χ0) is 14.8. The zero-order valence-electron chi connectivity index (χ0n) is 12.5. The van der Waals surface area contributed by atoms with Crippen LogP contribution in [0, 0.1) is 6.92 Å². The highest BCUT2D eigenvalue weighted by molar-refractivity contribution is 7.91. The summed E-state index contributed by atoms with van der Waals surface area (Å²) in [5.74, 6) is 2.41. The maximum Gasteiger partial charge on any atom is 0.152 e. The molecule has 0 unspecified atom stereocenters. The minimum absolute atomic E-state index is 0.270. The normalized spacial score (nSPS) is 19.6. The van der Waals surface area contributed by atoms with Gasteiger partial charge in [-0.1, -0.05) is 13.8 Å². The predicted molar refractivity (Wildman–Crippen MR) is 79.4 cm³/mol. The number of sulfone groups is 1. The molecular formula is C14H24N2O3S. The van der Waals surface area contributed by atoms with Gasteiger partial charge in [-0.05, 0) is 13.0 Å². The highest BCUT2D eigenvalue weighted by Crippen LogP contribution is 2.18. The summed E-state index contributed by atoms with van der Waals surface area (Å²) in [7, 11) is -2.81. The number of hydrogen-bond acceptors (Lipinski definition) is 5. The Morgan fingerprint density at radius 1 is 1.35 bits per heavy atom. The van der Waals surface area contributed by atoms with Gasteiger partial charge < -0.3 is 9.73 Å². The fraction of sp³-hybridized carbons (Fsp3) is 0.714. The molecule has 0 radical (unpaired) electrons. The summed E-state index contributed by atoms with van der Waals surface area (Å²) in [6.45, 7) is 8.91. The maximum absolute atomic E-state index is 11.4. The molecule has 0 bridgehead atoms. The van der Waals surface area contributed by atoms with Crippen LogP contribution < -0.4 is 5.32 Å². The topological polar surface area (TPSA) is 62.6 Å². The number of furan rings is 1. The van der Waals surface area contributed by atoms with Crippen molar-refractivity contribution in [3.63, 3.8) is 0 Å². The first-order chi connectivity index (χ1) is 9.35. The summed E-state index contributed by atoms with van der Waals surface area (Å²) in [4.78, 5) is 2.18. The van der Waals surface area contributed by atoms with Gasteiger partial charge in [-0.2, -0.15) is 0 Å². The highest BCUT2D eigenvalue weighted by atomic mass is 32.2. The SMILES string of the molecule is Cc1oc(CNC(C)C)cc1CN1CCS(=O)(=O)CC1. The highest BCUT2D eigenvalue weighted by Gasteiger charge is 2.22. The van der Waals surface area contributed by atoms with Crippen LogP contribution in [0.15, 0.2) is 10.5 Å². The van der Waals surface area contributed by atoms with Gasteiger partial charge in [0.1, 0.15) is 11.5 Å². The summed E-state index contributed by atoms with van der Waals surface area (Å²) in [6, 6.07) is 2.50. The molecule has 20 heavy (non-hydrogen) atoms. The van der Waals surface area contributed by atoms with Crippen molar-refractivity contribution < 1.29 is 12.8 Å². The first-order valence-electron chi connectivity index (χ1n) is 7.10. The second kappa shape index (κ2) is 6.28. The summed E-state index contributed by atoms with van der Waals surface area (Å²) in [6.07, 6.45) is 0. The van der Waals surface area contributed by atoms with Crippen LogP contribution in [0.5, 0.6) is 0 Å². The van der Waals surface area contributed by atoms with E-state index in [-0.39, 0.29) is 11.5 Å². The maximum atomic E-state index is 11.4. The Balaban J connectivity index is 1.93. The van der Waals surface area contributed by atoms with E-state index in [1.165, 1.54) is 0 Å². The average molecular weight is 300 g/mol. The summed E-state index contributed by atoms with van der Waals surface area (Å²) >= 11 is 0. The molecular weight excluding hydrogens is 276 g/mol. The van der Waals surface area contributed by atoms with E-state index in [1.54, 1.807) is 0 Å². The van der Waals surface area contributed by atoms with E-state index in [4.69, 9.17) is 4.42 Å². The number of nitrogens with zero attached hydrogens (tertiary/aromatic N) is 1. The summed E-state index contributed by atoms with van der Waals surface area (Å²) in [5, 5.41) is 3.33. The molecule has 2 rings (SSSR count). The van der Waals surface area contributed by atoms with Gasteiger partial charge in [0, 0.05) is 31.2 Å². The molecule has 6 heteroatoms. The fourth-order valence-electron chi connectivity index (χ4n) is 2.29. The van der Waals surface area contributed by atoms with Crippen molar-refractivity contribution in [3.05, 3.63) is 23.2 Å². The quantitative estimate of drug-likeness (QED) is 0.888. The molecule has 0 amide bonds. The first-order valence-corrected chi connectivity index (χ1v) is 8.92. The minimum atomic E-state index is -2.81. The molecule has 0 saturated carbocycles. The molecule has 1 aromatic rings. The molecule has 1 saturated heterocycles. The molecule has 1 N–H and O–H groups in total. The molecule has 1 aromatic heterocycles. The third kappa shape index (κ3) is 4.33. The molecule has 5 nitrogen and oxygen atoms in total. The van der Waals surface area contributed by atoms with Crippen LogP contribution in [-0.4, -0.2) is 44.0 Å². The van der Waals surface area contributed by atoms with E-state index < -0.39 is 9.84 Å². The van der Waals surface area contributed by atoms with Gasteiger partial charge in [0.05, 0.1) is 18.1 Å². The number of rotatable bonds is 5. The molecule has 1 fully saturated rings. The average Bonchev–Trinajstić information content (AvgIpc) is 2.70. The van der Waals surface area contributed by atoms with E-state index in [2.05, 4.69) is 30.1 Å².